The molecule has 0 radical (unpaired) electrons. The minimum Gasteiger partial charge on any atom is -0.329 e. The fraction of sp³-hybridized carbons (Fsp3) is 0.133. The Morgan fingerprint density at radius 1 is 1.16 bits per heavy atom. The maximum Gasteiger partial charge on any atom is 0.174 e. The van der Waals surface area contributed by atoms with Crippen LogP contribution in [0.3, 0.4) is 0 Å². The Kier molecular flexibility index (Phi) is 4.45. The van der Waals surface area contributed by atoms with Gasteiger partial charge in [0.2, 0.25) is 0 Å². The zero-order valence-electron chi connectivity index (χ0n) is 10.1. The second kappa shape index (κ2) is 6.08. The number of rotatable bonds is 4. The monoisotopic (exact) mass is 321 g/mol. The molecule has 2 aromatic rings. The normalized spacial score (nSPS) is 12.2. The number of nitrogens with two attached hydrogens (primary N) is 1. The average Bonchev–Trinajstić information content (AvgIpc) is 2.44. The quantitative estimate of drug-likeness (QED) is 0.876. The molecule has 0 aromatic heterocycles. The fourth-order valence-electron chi connectivity index (χ4n) is 1.96. The smallest absolute Gasteiger partial charge is 0.174 e. The average molecular weight is 322 g/mol. The number of benzene rings is 2. The number of carbonyl (C=O) groups excluding carboxylic acids is 1. The lowest BCUT2D eigenvalue weighted by Gasteiger charge is -2.14. The highest BCUT2D eigenvalue weighted by Gasteiger charge is 2.23. The van der Waals surface area contributed by atoms with Crippen LogP contribution in [-0.4, -0.2) is 12.3 Å². The van der Waals surface area contributed by atoms with E-state index in [1.807, 2.05) is 30.3 Å². The maximum absolute atomic E-state index is 14.0. The third-order valence-corrected chi connectivity index (χ3v) is 3.58. The molecule has 98 valence electrons. The van der Waals surface area contributed by atoms with Crippen molar-refractivity contribution in [3.63, 3.8) is 0 Å². The molecular weight excluding hydrogens is 309 g/mol. The summed E-state index contributed by atoms with van der Waals surface area (Å²) >= 11 is 3.08. The molecule has 0 aliphatic carbocycles. The third kappa shape index (κ3) is 2.91. The number of carbonyl (C=O) groups is 1. The Labute approximate surface area is 119 Å². The van der Waals surface area contributed by atoms with Crippen molar-refractivity contribution in [2.24, 2.45) is 5.73 Å². The highest BCUT2D eigenvalue weighted by atomic mass is 79.9. The Hall–Kier alpha value is -1.52. The first-order chi connectivity index (χ1) is 9.15. The molecule has 0 heterocycles. The molecule has 1 unspecified atom stereocenters. The van der Waals surface area contributed by atoms with E-state index in [9.17, 15) is 9.18 Å². The Morgan fingerprint density at radius 3 is 2.47 bits per heavy atom. The summed E-state index contributed by atoms with van der Waals surface area (Å²) in [5.74, 6) is -1.36. The maximum atomic E-state index is 14.0. The van der Waals surface area contributed by atoms with Gasteiger partial charge in [0.15, 0.2) is 5.78 Å². The summed E-state index contributed by atoms with van der Waals surface area (Å²) in [6.45, 7) is 0.148. The van der Waals surface area contributed by atoms with Crippen LogP contribution < -0.4 is 5.73 Å². The summed E-state index contributed by atoms with van der Waals surface area (Å²) < 4.78 is 14.2. The third-order valence-electron chi connectivity index (χ3n) is 2.97. The van der Waals surface area contributed by atoms with Gasteiger partial charge in [-0.15, -0.1) is 0 Å². The molecule has 19 heavy (non-hydrogen) atoms. The first-order valence-electron chi connectivity index (χ1n) is 5.88. The Morgan fingerprint density at radius 2 is 1.84 bits per heavy atom. The molecule has 0 aliphatic heterocycles. The molecule has 1 atom stereocenters. The van der Waals surface area contributed by atoms with Crippen molar-refractivity contribution in [2.45, 2.75) is 5.92 Å². The summed E-state index contributed by atoms with van der Waals surface area (Å²) in [4.78, 5) is 12.4. The number of hydrogen-bond acceptors (Lipinski definition) is 2. The van der Waals surface area contributed by atoms with Gasteiger partial charge in [-0.05, 0) is 33.6 Å². The van der Waals surface area contributed by atoms with Crippen molar-refractivity contribution >= 4 is 21.7 Å². The van der Waals surface area contributed by atoms with E-state index in [0.717, 1.165) is 5.56 Å². The number of ketones is 1. The topological polar surface area (TPSA) is 43.1 Å². The van der Waals surface area contributed by atoms with E-state index in [1.54, 1.807) is 12.1 Å². The summed E-state index contributed by atoms with van der Waals surface area (Å²) in [6, 6.07) is 13.9. The van der Waals surface area contributed by atoms with Gasteiger partial charge in [0.1, 0.15) is 5.82 Å². The van der Waals surface area contributed by atoms with E-state index in [1.165, 1.54) is 6.07 Å². The molecule has 0 fully saturated rings. The zero-order valence-corrected chi connectivity index (χ0v) is 11.7. The number of Topliss-reactive ketones (excluding diaryl/α,β-unsaturated/α-hetero) is 1. The van der Waals surface area contributed by atoms with E-state index in [-0.39, 0.29) is 22.4 Å². The predicted molar refractivity (Wildman–Crippen MR) is 76.7 cm³/mol. The lowest BCUT2D eigenvalue weighted by Crippen LogP contribution is -2.22. The van der Waals surface area contributed by atoms with Crippen molar-refractivity contribution in [2.75, 3.05) is 6.54 Å². The van der Waals surface area contributed by atoms with Gasteiger partial charge in [-0.3, -0.25) is 4.79 Å². The standard InChI is InChI=1S/C15H13BrFNO/c16-13-8-4-7-11(14(13)17)15(19)12(9-18)10-5-2-1-3-6-10/h1-8,12H,9,18H2. The van der Waals surface area contributed by atoms with Crippen LogP contribution in [0, 0.1) is 5.82 Å². The molecule has 2 rings (SSSR count). The predicted octanol–water partition coefficient (Wildman–Crippen LogP) is 3.51. The van der Waals surface area contributed by atoms with Gasteiger partial charge in [-0.1, -0.05) is 36.4 Å². The molecular formula is C15H13BrFNO. The second-order valence-electron chi connectivity index (χ2n) is 4.16. The molecule has 0 amide bonds. The van der Waals surface area contributed by atoms with Gasteiger partial charge in [0, 0.05) is 6.54 Å². The van der Waals surface area contributed by atoms with Crippen LogP contribution in [-0.2, 0) is 0 Å². The Balaban J connectivity index is 2.39. The lowest BCUT2D eigenvalue weighted by atomic mass is 9.90. The van der Waals surface area contributed by atoms with Crippen LogP contribution in [0.5, 0.6) is 0 Å². The highest BCUT2D eigenvalue weighted by molar-refractivity contribution is 9.10. The molecule has 4 heteroatoms. The molecule has 2 aromatic carbocycles. The molecule has 2 N–H and O–H groups in total. The van der Waals surface area contributed by atoms with Crippen LogP contribution in [0.1, 0.15) is 21.8 Å². The Bertz CT molecular complexity index is 586. The van der Waals surface area contributed by atoms with Gasteiger partial charge in [0.05, 0.1) is 16.0 Å². The largest absolute Gasteiger partial charge is 0.329 e. The van der Waals surface area contributed by atoms with E-state index < -0.39 is 11.7 Å². The summed E-state index contributed by atoms with van der Waals surface area (Å²) in [5.41, 5.74) is 6.54. The highest BCUT2D eigenvalue weighted by Crippen LogP contribution is 2.25. The van der Waals surface area contributed by atoms with Gasteiger partial charge >= 0.3 is 0 Å². The fourth-order valence-corrected chi connectivity index (χ4v) is 2.33. The van der Waals surface area contributed by atoms with Crippen molar-refractivity contribution in [1.82, 2.24) is 0 Å². The molecule has 0 aliphatic rings. The second-order valence-corrected chi connectivity index (χ2v) is 5.02. The van der Waals surface area contributed by atoms with E-state index in [2.05, 4.69) is 15.9 Å². The van der Waals surface area contributed by atoms with Gasteiger partial charge in [-0.25, -0.2) is 4.39 Å². The zero-order chi connectivity index (χ0) is 13.8. The molecule has 0 saturated carbocycles. The van der Waals surface area contributed by atoms with E-state index in [0.29, 0.717) is 0 Å². The first-order valence-corrected chi connectivity index (χ1v) is 6.67. The van der Waals surface area contributed by atoms with Crippen molar-refractivity contribution in [3.8, 4) is 0 Å². The number of halogens is 2. The SMILES string of the molecule is NCC(C(=O)c1cccc(Br)c1F)c1ccccc1. The van der Waals surface area contributed by atoms with Crippen LogP contribution >= 0.6 is 15.9 Å². The van der Waals surface area contributed by atoms with Crippen molar-refractivity contribution in [1.29, 1.82) is 0 Å². The minimum absolute atomic E-state index is 0.0636. The van der Waals surface area contributed by atoms with Crippen molar-refractivity contribution in [3.05, 3.63) is 69.9 Å². The summed E-state index contributed by atoms with van der Waals surface area (Å²) in [5, 5.41) is 0. The van der Waals surface area contributed by atoms with Gasteiger partial charge in [0.25, 0.3) is 0 Å². The lowest BCUT2D eigenvalue weighted by molar-refractivity contribution is 0.0958. The van der Waals surface area contributed by atoms with Gasteiger partial charge < -0.3 is 5.73 Å². The molecule has 0 bridgehead atoms. The van der Waals surface area contributed by atoms with Crippen molar-refractivity contribution < 1.29 is 9.18 Å². The van der Waals surface area contributed by atoms with Crippen LogP contribution in [0.25, 0.3) is 0 Å². The van der Waals surface area contributed by atoms with Crippen LogP contribution in [0.15, 0.2) is 53.0 Å². The van der Waals surface area contributed by atoms with Gasteiger partial charge in [-0.2, -0.15) is 0 Å². The summed E-state index contributed by atoms with van der Waals surface area (Å²) in [6.07, 6.45) is 0. The molecule has 0 spiro atoms. The van der Waals surface area contributed by atoms with E-state index >= 15 is 0 Å². The van der Waals surface area contributed by atoms with Crippen LogP contribution in [0.2, 0.25) is 0 Å². The van der Waals surface area contributed by atoms with E-state index in [4.69, 9.17) is 5.73 Å². The molecule has 0 saturated heterocycles. The summed E-state index contributed by atoms with van der Waals surface area (Å²) in [7, 11) is 0. The first kappa shape index (κ1) is 13.9. The number of hydrogen-bond donors (Lipinski definition) is 1. The minimum atomic E-state index is -0.540. The van der Waals surface area contributed by atoms with Crippen LogP contribution in [0.4, 0.5) is 4.39 Å². The molecule has 2 nitrogen and oxygen atoms in total.